The fraction of sp³-hybridized carbons (Fsp3) is 0.520. The van der Waals surface area contributed by atoms with E-state index in [4.69, 9.17) is 14.6 Å². The Labute approximate surface area is 249 Å². The minimum Gasteiger partial charge on any atom is -0.870 e. The number of aromatic carboxylic acids is 1. The molecule has 0 aromatic carbocycles. The molecule has 16 heteroatoms. The van der Waals surface area contributed by atoms with Crippen LogP contribution < -0.4 is 18.9 Å². The van der Waals surface area contributed by atoms with Gasteiger partial charge in [-0.15, -0.1) is 0 Å². The molecule has 0 amide bonds. The summed E-state index contributed by atoms with van der Waals surface area (Å²) in [4.78, 5) is 33.2. The van der Waals surface area contributed by atoms with Gasteiger partial charge in [0.25, 0.3) is 0 Å². The predicted molar refractivity (Wildman–Crippen MR) is 139 cm³/mol. The number of rotatable bonds is 8. The summed E-state index contributed by atoms with van der Waals surface area (Å²) in [6, 6.07) is 1.74. The van der Waals surface area contributed by atoms with Crippen molar-refractivity contribution in [3.8, 4) is 0 Å². The molecular formula is C25H37F2LiN6O7. The zero-order valence-electron chi connectivity index (χ0n) is 25.0. The van der Waals surface area contributed by atoms with Crippen molar-refractivity contribution in [1.82, 2.24) is 29.3 Å². The van der Waals surface area contributed by atoms with Gasteiger partial charge >= 0.3 is 36.8 Å². The number of halogens is 2. The van der Waals surface area contributed by atoms with Gasteiger partial charge in [0, 0.05) is 19.6 Å². The van der Waals surface area contributed by atoms with Crippen molar-refractivity contribution in [2.45, 2.75) is 75.0 Å². The van der Waals surface area contributed by atoms with Gasteiger partial charge in [-0.3, -0.25) is 14.0 Å². The van der Waals surface area contributed by atoms with Crippen molar-refractivity contribution in [3.05, 3.63) is 51.9 Å². The Morgan fingerprint density at radius 2 is 1.17 bits per heavy atom. The zero-order valence-corrected chi connectivity index (χ0v) is 25.0. The van der Waals surface area contributed by atoms with E-state index >= 15 is 0 Å². The second-order valence-corrected chi connectivity index (χ2v) is 7.86. The fourth-order valence-corrected chi connectivity index (χ4v) is 3.33. The third kappa shape index (κ3) is 10.4. The Bertz CT molecular complexity index is 1290. The molecule has 0 aliphatic heterocycles. The Morgan fingerprint density at radius 1 is 0.756 bits per heavy atom. The van der Waals surface area contributed by atoms with Gasteiger partial charge in [0.1, 0.15) is 5.69 Å². The summed E-state index contributed by atoms with van der Waals surface area (Å²) in [5.41, 5.74) is 1.25. The third-order valence-corrected chi connectivity index (χ3v) is 5.07. The molecule has 0 saturated heterocycles. The van der Waals surface area contributed by atoms with Gasteiger partial charge in [-0.1, -0.05) is 0 Å². The number of hydrogen-bond donors (Lipinski definition) is 1. The molecule has 0 spiro atoms. The summed E-state index contributed by atoms with van der Waals surface area (Å²) < 4.78 is 40.1. The van der Waals surface area contributed by atoms with Crippen LogP contribution in [0.15, 0.2) is 6.07 Å². The van der Waals surface area contributed by atoms with Crippen LogP contribution in [0.25, 0.3) is 0 Å². The van der Waals surface area contributed by atoms with Crippen LogP contribution in [0.3, 0.4) is 0 Å². The monoisotopic (exact) mass is 578 g/mol. The van der Waals surface area contributed by atoms with E-state index in [1.54, 1.807) is 38.4 Å². The SMILES string of the molecule is CCOC(=O)c1c(F)c(C)nn1CC.CCOC(=O)c1cc(C)nn1CC.CCn1nc(C)c(F)c1C(=O)O.[Li+].[OH-]. The summed E-state index contributed by atoms with van der Waals surface area (Å²) in [5.74, 6) is -3.58. The topological polar surface area (TPSA) is 173 Å². The summed E-state index contributed by atoms with van der Waals surface area (Å²) in [7, 11) is 0. The van der Waals surface area contributed by atoms with Gasteiger partial charge in [-0.25, -0.2) is 23.2 Å². The molecule has 0 radical (unpaired) electrons. The molecule has 3 aromatic heterocycles. The van der Waals surface area contributed by atoms with E-state index in [0.29, 0.717) is 31.9 Å². The average molecular weight is 579 g/mol. The Kier molecular flexibility index (Phi) is 18.1. The second kappa shape index (κ2) is 18.7. The van der Waals surface area contributed by atoms with E-state index in [-0.39, 0.29) is 59.7 Å². The van der Waals surface area contributed by atoms with Crippen LogP contribution in [0.4, 0.5) is 8.78 Å². The minimum absolute atomic E-state index is 0. The molecule has 0 fully saturated rings. The normalized spacial score (nSPS) is 9.71. The van der Waals surface area contributed by atoms with E-state index in [2.05, 4.69) is 15.3 Å². The molecule has 3 rings (SSSR count). The van der Waals surface area contributed by atoms with Gasteiger partial charge in [-0.2, -0.15) is 15.3 Å². The van der Waals surface area contributed by atoms with Crippen LogP contribution in [0, 0.1) is 32.4 Å². The summed E-state index contributed by atoms with van der Waals surface area (Å²) >= 11 is 0. The quantitative estimate of drug-likeness (QED) is 0.297. The second-order valence-electron chi connectivity index (χ2n) is 7.86. The van der Waals surface area contributed by atoms with Crippen molar-refractivity contribution in [3.63, 3.8) is 0 Å². The zero-order chi connectivity index (χ0) is 29.9. The minimum atomic E-state index is -1.28. The van der Waals surface area contributed by atoms with Gasteiger partial charge in [0.15, 0.2) is 23.0 Å². The standard InChI is InChI=1S/C9H13FN2O2.C9H14N2O2.C7H9FN2O2.Li.H2O/c1-4-12-8(9(13)14-5-2)7(10)6(3)11-12;1-4-11-8(6-7(3)10-11)9(12)13-5-2;1-3-10-6(7(11)12)5(8)4(2)9-10;;/h4-5H2,1-3H3;6H,4-5H2,1-3H3;3H2,1-2H3,(H,11,12);;1H2/q;;;+1;/p-1. The van der Waals surface area contributed by atoms with Gasteiger partial charge in [-0.05, 0) is 61.5 Å². The number of ether oxygens (including phenoxy) is 2. The first-order valence-electron chi connectivity index (χ1n) is 12.5. The van der Waals surface area contributed by atoms with E-state index in [1.165, 1.54) is 18.5 Å². The number of aromatic nitrogens is 6. The van der Waals surface area contributed by atoms with Crippen LogP contribution >= 0.6 is 0 Å². The number of carbonyl (C=O) groups is 3. The maximum atomic E-state index is 13.4. The van der Waals surface area contributed by atoms with Crippen molar-refractivity contribution in [2.75, 3.05) is 13.2 Å². The molecule has 3 aromatic rings. The molecule has 0 unspecified atom stereocenters. The van der Waals surface area contributed by atoms with Crippen molar-refractivity contribution in [2.24, 2.45) is 0 Å². The first-order valence-corrected chi connectivity index (χ1v) is 12.5. The number of carbonyl (C=O) groups excluding carboxylic acids is 2. The molecule has 13 nitrogen and oxygen atoms in total. The third-order valence-electron chi connectivity index (χ3n) is 5.07. The largest absolute Gasteiger partial charge is 1.00 e. The van der Waals surface area contributed by atoms with Gasteiger partial charge in [0.05, 0.1) is 30.3 Å². The van der Waals surface area contributed by atoms with Crippen molar-refractivity contribution >= 4 is 17.9 Å². The van der Waals surface area contributed by atoms with Gasteiger partial charge in [0.2, 0.25) is 0 Å². The summed E-state index contributed by atoms with van der Waals surface area (Å²) in [5, 5.41) is 20.3. The molecule has 224 valence electrons. The van der Waals surface area contributed by atoms with Crippen LogP contribution in [0.2, 0.25) is 0 Å². The van der Waals surface area contributed by atoms with Crippen LogP contribution in [0.1, 0.15) is 83.2 Å². The molecule has 0 saturated carbocycles. The first kappa shape index (κ1) is 39.6. The molecule has 2 N–H and O–H groups in total. The molecule has 0 aliphatic rings. The van der Waals surface area contributed by atoms with E-state index in [1.807, 2.05) is 13.8 Å². The number of carboxylic acid groups (broad SMARTS) is 1. The van der Waals surface area contributed by atoms with Crippen molar-refractivity contribution in [1.29, 1.82) is 0 Å². The van der Waals surface area contributed by atoms with Crippen molar-refractivity contribution < 1.29 is 62.1 Å². The summed E-state index contributed by atoms with van der Waals surface area (Å²) in [6.07, 6.45) is 0. The van der Waals surface area contributed by atoms with E-state index < -0.39 is 23.6 Å². The fourth-order valence-electron chi connectivity index (χ4n) is 3.33. The van der Waals surface area contributed by atoms with E-state index in [0.717, 1.165) is 10.4 Å². The molecule has 41 heavy (non-hydrogen) atoms. The number of aryl methyl sites for hydroxylation is 6. The molecule has 0 bridgehead atoms. The van der Waals surface area contributed by atoms with Crippen LogP contribution in [-0.2, 0) is 29.1 Å². The number of carboxylic acids is 1. The molecule has 0 aliphatic carbocycles. The van der Waals surface area contributed by atoms with Gasteiger partial charge < -0.3 is 20.1 Å². The maximum Gasteiger partial charge on any atom is 1.00 e. The van der Waals surface area contributed by atoms with E-state index in [9.17, 15) is 23.2 Å². The first-order chi connectivity index (χ1) is 18.4. The Morgan fingerprint density at radius 3 is 1.56 bits per heavy atom. The smallest absolute Gasteiger partial charge is 0.870 e. The molecule has 0 atom stereocenters. The van der Waals surface area contributed by atoms with Crippen LogP contribution in [0.5, 0.6) is 0 Å². The Hall–Kier alpha value is -3.54. The summed E-state index contributed by atoms with van der Waals surface area (Å²) in [6.45, 7) is 15.8. The maximum absolute atomic E-state index is 13.4. The predicted octanol–water partition coefficient (Wildman–Crippen LogP) is 0.791. The average Bonchev–Trinajstić information content (AvgIpc) is 3.52. The number of hydrogen-bond acceptors (Lipinski definition) is 9. The number of nitrogens with zero attached hydrogens (tertiary/aromatic N) is 6. The Balaban J connectivity index is 0. The molecule has 3 heterocycles. The number of esters is 2. The van der Waals surface area contributed by atoms with Crippen LogP contribution in [-0.4, -0.2) is 71.0 Å². The molecular weight excluding hydrogens is 541 g/mol.